The standard InChI is InChI=1S/C26H19N5O3S/c1-15-22(24(31-34-15)17-6-4-3-5-7-17)21(32)14-35-26-20(13-28)23(19(12-27)25(29)30-26)16-8-10-18(33-2)11-9-16/h3-11H,14H2,1-2H3,(H2,29,30). The second-order valence-electron chi connectivity index (χ2n) is 7.42. The number of carbonyl (C=O) groups is 1. The second-order valence-corrected chi connectivity index (χ2v) is 8.38. The number of nitrogen functional groups attached to an aromatic ring is 1. The van der Waals surface area contributed by atoms with Crippen molar-refractivity contribution < 1.29 is 14.1 Å². The van der Waals surface area contributed by atoms with Crippen molar-refractivity contribution in [2.75, 3.05) is 18.6 Å². The number of aromatic nitrogens is 2. The van der Waals surface area contributed by atoms with Crippen molar-refractivity contribution in [2.24, 2.45) is 0 Å². The number of ketones is 1. The summed E-state index contributed by atoms with van der Waals surface area (Å²) in [6, 6.07) is 20.4. The van der Waals surface area contributed by atoms with Gasteiger partial charge in [-0.1, -0.05) is 59.4 Å². The van der Waals surface area contributed by atoms with Crippen LogP contribution >= 0.6 is 11.8 Å². The van der Waals surface area contributed by atoms with Gasteiger partial charge in [0.25, 0.3) is 0 Å². The van der Waals surface area contributed by atoms with E-state index in [2.05, 4.69) is 16.2 Å². The van der Waals surface area contributed by atoms with Crippen LogP contribution in [0.5, 0.6) is 5.75 Å². The summed E-state index contributed by atoms with van der Waals surface area (Å²) in [6.45, 7) is 1.68. The highest BCUT2D eigenvalue weighted by molar-refractivity contribution is 8.00. The zero-order chi connectivity index (χ0) is 24.9. The largest absolute Gasteiger partial charge is 0.497 e. The van der Waals surface area contributed by atoms with E-state index in [9.17, 15) is 15.3 Å². The number of nitrogens with two attached hydrogens (primary N) is 1. The minimum atomic E-state index is -0.229. The fourth-order valence-electron chi connectivity index (χ4n) is 3.65. The predicted molar refractivity (Wildman–Crippen MR) is 132 cm³/mol. The first-order chi connectivity index (χ1) is 17.0. The van der Waals surface area contributed by atoms with Crippen molar-refractivity contribution in [1.29, 1.82) is 10.5 Å². The maximum atomic E-state index is 13.2. The molecule has 35 heavy (non-hydrogen) atoms. The number of nitrogens with zero attached hydrogens (tertiary/aromatic N) is 4. The first-order valence-corrected chi connectivity index (χ1v) is 11.4. The zero-order valence-electron chi connectivity index (χ0n) is 18.9. The summed E-state index contributed by atoms with van der Waals surface area (Å²) in [5.41, 5.74) is 8.93. The molecule has 0 bridgehead atoms. The van der Waals surface area contributed by atoms with Crippen LogP contribution < -0.4 is 10.5 Å². The van der Waals surface area contributed by atoms with Gasteiger partial charge in [-0.2, -0.15) is 10.5 Å². The minimum Gasteiger partial charge on any atom is -0.497 e. The fourth-order valence-corrected chi connectivity index (χ4v) is 4.52. The van der Waals surface area contributed by atoms with Crippen LogP contribution in [0.25, 0.3) is 22.4 Å². The molecule has 8 nitrogen and oxygen atoms in total. The Morgan fingerprint density at radius 3 is 2.37 bits per heavy atom. The van der Waals surface area contributed by atoms with E-state index in [0.717, 1.165) is 17.3 Å². The number of thioether (sulfide) groups is 1. The van der Waals surface area contributed by atoms with Crippen LogP contribution in [0.4, 0.5) is 5.82 Å². The first-order valence-electron chi connectivity index (χ1n) is 10.4. The number of anilines is 1. The minimum absolute atomic E-state index is 0.0154. The number of hydrogen-bond donors (Lipinski definition) is 1. The molecular weight excluding hydrogens is 462 g/mol. The molecule has 4 rings (SSSR count). The number of aryl methyl sites for hydroxylation is 1. The molecule has 0 aliphatic heterocycles. The molecule has 0 aliphatic carbocycles. The summed E-state index contributed by atoms with van der Waals surface area (Å²) in [5.74, 6) is 0.759. The fraction of sp³-hybridized carbons (Fsp3) is 0.115. The van der Waals surface area contributed by atoms with Gasteiger partial charge in [0.05, 0.1) is 24.0 Å². The summed E-state index contributed by atoms with van der Waals surface area (Å²) in [7, 11) is 1.55. The average molecular weight is 482 g/mol. The Bertz CT molecular complexity index is 1480. The summed E-state index contributed by atoms with van der Waals surface area (Å²) >= 11 is 1.07. The molecule has 0 fully saturated rings. The van der Waals surface area contributed by atoms with E-state index in [4.69, 9.17) is 15.0 Å². The predicted octanol–water partition coefficient (Wildman–Crippen LogP) is 5.02. The number of hydrogen-bond acceptors (Lipinski definition) is 9. The van der Waals surface area contributed by atoms with Gasteiger partial charge < -0.3 is 15.0 Å². The normalized spacial score (nSPS) is 10.4. The number of ether oxygens (including phenoxy) is 1. The number of benzene rings is 2. The molecule has 4 aromatic rings. The SMILES string of the molecule is COc1ccc(-c2c(C#N)c(N)nc(SCC(=O)c3c(-c4ccccc4)noc3C)c2C#N)cc1. The lowest BCUT2D eigenvalue weighted by Gasteiger charge is -2.13. The third-order valence-corrected chi connectivity index (χ3v) is 6.30. The van der Waals surface area contributed by atoms with Crippen LogP contribution in [-0.2, 0) is 0 Å². The molecule has 172 valence electrons. The number of carbonyl (C=O) groups excluding carboxylic acids is 1. The van der Waals surface area contributed by atoms with Crippen LogP contribution in [0.15, 0.2) is 64.1 Å². The van der Waals surface area contributed by atoms with Crippen molar-refractivity contribution >= 4 is 23.4 Å². The van der Waals surface area contributed by atoms with Crippen LogP contribution in [0.2, 0.25) is 0 Å². The molecule has 2 aromatic carbocycles. The molecule has 0 radical (unpaired) electrons. The Labute approximate surface area is 206 Å². The molecule has 9 heteroatoms. The van der Waals surface area contributed by atoms with Crippen LogP contribution in [-0.4, -0.2) is 28.8 Å². The summed E-state index contributed by atoms with van der Waals surface area (Å²) in [4.78, 5) is 17.5. The number of methoxy groups -OCH3 is 1. The Hall–Kier alpha value is -4.60. The van der Waals surface area contributed by atoms with Gasteiger partial charge in [0.2, 0.25) is 0 Å². The number of nitriles is 2. The Morgan fingerprint density at radius 2 is 1.74 bits per heavy atom. The molecule has 0 saturated heterocycles. The quantitative estimate of drug-likeness (QED) is 0.284. The molecule has 0 atom stereocenters. The third-order valence-electron chi connectivity index (χ3n) is 5.32. The summed E-state index contributed by atoms with van der Waals surface area (Å²) in [5, 5.41) is 24.0. The van der Waals surface area contributed by atoms with Crippen molar-refractivity contribution in [1.82, 2.24) is 10.1 Å². The maximum absolute atomic E-state index is 13.2. The number of rotatable bonds is 7. The topological polar surface area (TPSA) is 139 Å². The van der Waals surface area contributed by atoms with Crippen molar-refractivity contribution in [2.45, 2.75) is 11.9 Å². The Morgan fingerprint density at radius 1 is 1.06 bits per heavy atom. The van der Waals surface area contributed by atoms with Gasteiger partial charge in [0.15, 0.2) is 5.78 Å². The highest BCUT2D eigenvalue weighted by Crippen LogP contribution is 2.37. The van der Waals surface area contributed by atoms with Gasteiger partial charge in [-0.15, -0.1) is 0 Å². The van der Waals surface area contributed by atoms with Crippen LogP contribution in [0, 0.1) is 29.6 Å². The van der Waals surface area contributed by atoms with Gasteiger partial charge in [-0.25, -0.2) is 4.98 Å². The van der Waals surface area contributed by atoms with Crippen molar-refractivity contribution in [3.8, 4) is 40.3 Å². The highest BCUT2D eigenvalue weighted by Gasteiger charge is 2.24. The van der Waals surface area contributed by atoms with Crippen molar-refractivity contribution in [3.63, 3.8) is 0 Å². The lowest BCUT2D eigenvalue weighted by molar-refractivity contribution is 0.102. The van der Waals surface area contributed by atoms with Crippen LogP contribution in [0.3, 0.4) is 0 Å². The average Bonchev–Trinajstić information content (AvgIpc) is 3.28. The highest BCUT2D eigenvalue weighted by atomic mass is 32.2. The lowest BCUT2D eigenvalue weighted by Crippen LogP contribution is -2.07. The second kappa shape index (κ2) is 10.1. The molecule has 2 N–H and O–H groups in total. The summed E-state index contributed by atoms with van der Waals surface area (Å²) in [6.07, 6.45) is 0. The van der Waals surface area contributed by atoms with Gasteiger partial charge in [0, 0.05) is 11.1 Å². The molecule has 0 amide bonds. The molecule has 2 aromatic heterocycles. The van der Waals surface area contributed by atoms with Gasteiger partial charge in [0.1, 0.15) is 45.7 Å². The molecule has 0 unspecified atom stereocenters. The van der Waals surface area contributed by atoms with E-state index >= 15 is 0 Å². The molecule has 0 aliphatic rings. The Kier molecular flexibility index (Phi) is 6.81. The monoisotopic (exact) mass is 481 g/mol. The van der Waals surface area contributed by atoms with Gasteiger partial charge in [-0.05, 0) is 24.6 Å². The van der Waals surface area contributed by atoms with Crippen LogP contribution in [0.1, 0.15) is 27.2 Å². The number of Topliss-reactive ketones (excluding diaryl/α,β-unsaturated/α-hetero) is 1. The van der Waals surface area contributed by atoms with Gasteiger partial charge >= 0.3 is 0 Å². The van der Waals surface area contributed by atoms with Crippen molar-refractivity contribution in [3.05, 3.63) is 77.0 Å². The van der Waals surface area contributed by atoms with E-state index in [1.54, 1.807) is 38.3 Å². The van der Waals surface area contributed by atoms with E-state index < -0.39 is 0 Å². The third kappa shape index (κ3) is 4.58. The Balaban J connectivity index is 1.70. The number of pyridine rings is 1. The smallest absolute Gasteiger partial charge is 0.178 e. The molecule has 0 spiro atoms. The zero-order valence-corrected chi connectivity index (χ0v) is 19.7. The first kappa shape index (κ1) is 23.6. The molecule has 0 saturated carbocycles. The van der Waals surface area contributed by atoms with E-state index in [-0.39, 0.29) is 33.5 Å². The van der Waals surface area contributed by atoms with E-state index in [1.807, 2.05) is 36.4 Å². The van der Waals surface area contributed by atoms with Gasteiger partial charge in [-0.3, -0.25) is 4.79 Å². The molecular formula is C26H19N5O3S. The summed E-state index contributed by atoms with van der Waals surface area (Å²) < 4.78 is 10.5. The van der Waals surface area contributed by atoms with E-state index in [1.165, 1.54) is 0 Å². The van der Waals surface area contributed by atoms with E-state index in [0.29, 0.717) is 33.9 Å². The maximum Gasteiger partial charge on any atom is 0.178 e. The lowest BCUT2D eigenvalue weighted by atomic mass is 9.97. The molecule has 2 heterocycles.